The maximum atomic E-state index is 13.1. The van der Waals surface area contributed by atoms with Crippen LogP contribution < -0.4 is 4.90 Å². The third-order valence-electron chi connectivity index (χ3n) is 3.15. The van der Waals surface area contributed by atoms with Crippen molar-refractivity contribution in [2.45, 2.75) is 13.0 Å². The highest BCUT2D eigenvalue weighted by Crippen LogP contribution is 2.29. The first-order valence-corrected chi connectivity index (χ1v) is 5.87. The molecule has 0 fully saturated rings. The van der Waals surface area contributed by atoms with Crippen LogP contribution in [0.1, 0.15) is 11.1 Å². The summed E-state index contributed by atoms with van der Waals surface area (Å²) in [6, 6.07) is 14.1. The van der Waals surface area contributed by atoms with Gasteiger partial charge in [-0.1, -0.05) is 30.3 Å². The molecule has 0 saturated carbocycles. The fraction of sp³-hybridized carbons (Fsp3) is 0.133. The molecule has 2 nitrogen and oxygen atoms in total. The van der Waals surface area contributed by atoms with Crippen LogP contribution in [-0.2, 0) is 17.8 Å². The third kappa shape index (κ3) is 1.88. The predicted molar refractivity (Wildman–Crippen MR) is 67.7 cm³/mol. The van der Waals surface area contributed by atoms with Crippen molar-refractivity contribution in [3.05, 3.63) is 65.5 Å². The highest BCUT2D eigenvalue weighted by molar-refractivity contribution is 6.01. The van der Waals surface area contributed by atoms with Gasteiger partial charge in [0.1, 0.15) is 5.82 Å². The number of benzene rings is 2. The quantitative estimate of drug-likeness (QED) is 0.791. The van der Waals surface area contributed by atoms with Crippen LogP contribution in [0.3, 0.4) is 0 Å². The van der Waals surface area contributed by atoms with Crippen LogP contribution in [0.25, 0.3) is 0 Å². The molecule has 1 aliphatic rings. The molecule has 2 aromatic rings. The van der Waals surface area contributed by atoms with E-state index in [2.05, 4.69) is 0 Å². The van der Waals surface area contributed by atoms with Gasteiger partial charge in [0.15, 0.2) is 0 Å². The second-order valence-corrected chi connectivity index (χ2v) is 4.42. The zero-order chi connectivity index (χ0) is 12.5. The lowest BCUT2D eigenvalue weighted by Crippen LogP contribution is -2.25. The summed E-state index contributed by atoms with van der Waals surface area (Å²) in [6.07, 6.45) is 0.436. The second-order valence-electron chi connectivity index (χ2n) is 4.42. The monoisotopic (exact) mass is 241 g/mol. The number of amides is 1. The summed E-state index contributed by atoms with van der Waals surface area (Å²) in [5.41, 5.74) is 2.78. The fourth-order valence-corrected chi connectivity index (χ4v) is 2.31. The van der Waals surface area contributed by atoms with Crippen LogP contribution in [-0.4, -0.2) is 5.91 Å². The van der Waals surface area contributed by atoms with Crippen molar-refractivity contribution in [2.24, 2.45) is 0 Å². The molecular weight excluding hydrogens is 229 g/mol. The Balaban J connectivity index is 1.91. The van der Waals surface area contributed by atoms with Crippen molar-refractivity contribution in [1.29, 1.82) is 0 Å². The SMILES string of the molecule is O=C1Cc2ccccc2N1Cc1cccc(F)c1. The largest absolute Gasteiger partial charge is 0.307 e. The summed E-state index contributed by atoms with van der Waals surface area (Å²) in [4.78, 5) is 13.7. The van der Waals surface area contributed by atoms with Crippen molar-refractivity contribution in [3.8, 4) is 0 Å². The molecule has 3 heteroatoms. The van der Waals surface area contributed by atoms with Gasteiger partial charge in [-0.05, 0) is 29.3 Å². The zero-order valence-corrected chi connectivity index (χ0v) is 9.77. The molecule has 0 spiro atoms. The van der Waals surface area contributed by atoms with E-state index in [0.29, 0.717) is 13.0 Å². The van der Waals surface area contributed by atoms with Gasteiger partial charge in [0, 0.05) is 5.69 Å². The van der Waals surface area contributed by atoms with E-state index >= 15 is 0 Å². The minimum atomic E-state index is -0.271. The molecule has 90 valence electrons. The molecule has 3 rings (SSSR count). The number of carbonyl (C=O) groups excluding carboxylic acids is 1. The average Bonchev–Trinajstić information content (AvgIpc) is 2.66. The average molecular weight is 241 g/mol. The van der Waals surface area contributed by atoms with E-state index in [-0.39, 0.29) is 11.7 Å². The first-order valence-electron chi connectivity index (χ1n) is 5.87. The van der Waals surface area contributed by atoms with Gasteiger partial charge in [-0.25, -0.2) is 4.39 Å². The summed E-state index contributed by atoms with van der Waals surface area (Å²) >= 11 is 0. The molecule has 18 heavy (non-hydrogen) atoms. The molecule has 1 amide bonds. The lowest BCUT2D eigenvalue weighted by molar-refractivity contribution is -0.117. The van der Waals surface area contributed by atoms with E-state index in [1.165, 1.54) is 12.1 Å². The number of rotatable bonds is 2. The Hall–Kier alpha value is -2.16. The molecule has 1 aliphatic heterocycles. The number of fused-ring (bicyclic) bond motifs is 1. The van der Waals surface area contributed by atoms with Crippen LogP contribution in [0, 0.1) is 5.82 Å². The highest BCUT2D eigenvalue weighted by atomic mass is 19.1. The molecule has 0 unspecified atom stereocenters. The molecule has 0 bridgehead atoms. The van der Waals surface area contributed by atoms with E-state index in [1.807, 2.05) is 30.3 Å². The van der Waals surface area contributed by atoms with E-state index in [9.17, 15) is 9.18 Å². The summed E-state index contributed by atoms with van der Waals surface area (Å²) < 4.78 is 13.1. The van der Waals surface area contributed by atoms with Crippen LogP contribution in [0.15, 0.2) is 48.5 Å². The molecule has 0 saturated heterocycles. The minimum Gasteiger partial charge on any atom is -0.307 e. The molecule has 0 aliphatic carbocycles. The predicted octanol–water partition coefficient (Wildman–Crippen LogP) is 2.92. The molecule has 0 N–H and O–H groups in total. The van der Waals surface area contributed by atoms with E-state index < -0.39 is 0 Å². The Morgan fingerprint density at radius 3 is 2.78 bits per heavy atom. The van der Waals surface area contributed by atoms with E-state index in [0.717, 1.165) is 16.8 Å². The van der Waals surface area contributed by atoms with Crippen molar-refractivity contribution in [2.75, 3.05) is 4.90 Å². The molecule has 0 atom stereocenters. The van der Waals surface area contributed by atoms with Crippen LogP contribution in [0.2, 0.25) is 0 Å². The molecule has 2 aromatic carbocycles. The van der Waals surface area contributed by atoms with Crippen LogP contribution in [0.5, 0.6) is 0 Å². The first-order chi connectivity index (χ1) is 8.74. The Bertz CT molecular complexity index is 609. The van der Waals surface area contributed by atoms with Gasteiger partial charge in [0.25, 0.3) is 0 Å². The van der Waals surface area contributed by atoms with Gasteiger partial charge in [-0.2, -0.15) is 0 Å². The number of anilines is 1. The van der Waals surface area contributed by atoms with Gasteiger partial charge < -0.3 is 4.90 Å². The summed E-state index contributed by atoms with van der Waals surface area (Å²) in [7, 11) is 0. The third-order valence-corrected chi connectivity index (χ3v) is 3.15. The summed E-state index contributed by atoms with van der Waals surface area (Å²) in [5.74, 6) is -0.201. The Morgan fingerprint density at radius 1 is 1.11 bits per heavy atom. The lowest BCUT2D eigenvalue weighted by Gasteiger charge is -2.17. The maximum absolute atomic E-state index is 13.1. The van der Waals surface area contributed by atoms with E-state index in [1.54, 1.807) is 11.0 Å². The van der Waals surface area contributed by atoms with Gasteiger partial charge in [0.2, 0.25) is 5.91 Å². The summed E-state index contributed by atoms with van der Waals surface area (Å²) in [5, 5.41) is 0. The first kappa shape index (κ1) is 11.0. The smallest absolute Gasteiger partial charge is 0.231 e. The number of para-hydroxylation sites is 1. The van der Waals surface area contributed by atoms with Crippen molar-refractivity contribution >= 4 is 11.6 Å². The van der Waals surface area contributed by atoms with Crippen molar-refractivity contribution in [3.63, 3.8) is 0 Å². The molecule has 0 radical (unpaired) electrons. The number of hydrogen-bond acceptors (Lipinski definition) is 1. The number of nitrogens with zero attached hydrogens (tertiary/aromatic N) is 1. The van der Waals surface area contributed by atoms with Gasteiger partial charge in [-0.3, -0.25) is 4.79 Å². The molecule has 0 aromatic heterocycles. The summed E-state index contributed by atoms with van der Waals surface area (Å²) in [6.45, 7) is 0.424. The topological polar surface area (TPSA) is 20.3 Å². The van der Waals surface area contributed by atoms with Gasteiger partial charge in [0.05, 0.1) is 13.0 Å². The van der Waals surface area contributed by atoms with Gasteiger partial charge in [-0.15, -0.1) is 0 Å². The van der Waals surface area contributed by atoms with E-state index in [4.69, 9.17) is 0 Å². The maximum Gasteiger partial charge on any atom is 0.231 e. The number of hydrogen-bond donors (Lipinski definition) is 0. The Morgan fingerprint density at radius 2 is 1.94 bits per heavy atom. The standard InChI is InChI=1S/C15H12FNO/c16-13-6-3-4-11(8-13)10-17-14-7-2-1-5-12(14)9-15(17)18/h1-8H,9-10H2. The molecular formula is C15H12FNO. The minimum absolute atomic E-state index is 0.0699. The Labute approximate surface area is 105 Å². The van der Waals surface area contributed by atoms with Crippen LogP contribution in [0.4, 0.5) is 10.1 Å². The van der Waals surface area contributed by atoms with Gasteiger partial charge >= 0.3 is 0 Å². The van der Waals surface area contributed by atoms with Crippen molar-refractivity contribution < 1.29 is 9.18 Å². The van der Waals surface area contributed by atoms with Crippen molar-refractivity contribution in [1.82, 2.24) is 0 Å². The Kier molecular flexibility index (Phi) is 2.59. The second kappa shape index (κ2) is 4.26. The highest BCUT2D eigenvalue weighted by Gasteiger charge is 2.26. The number of halogens is 1. The lowest BCUT2D eigenvalue weighted by atomic mass is 10.1. The number of carbonyl (C=O) groups is 1. The van der Waals surface area contributed by atoms with Crippen LogP contribution >= 0.6 is 0 Å². The molecule has 1 heterocycles. The normalized spacial score (nSPS) is 13.8. The zero-order valence-electron chi connectivity index (χ0n) is 9.77. The fourth-order valence-electron chi connectivity index (χ4n) is 2.31.